The summed E-state index contributed by atoms with van der Waals surface area (Å²) < 4.78 is 42.0. The summed E-state index contributed by atoms with van der Waals surface area (Å²) in [4.78, 5) is 38.5. The second kappa shape index (κ2) is 7.59. The van der Waals surface area contributed by atoms with Crippen LogP contribution < -0.4 is 10.6 Å². The lowest BCUT2D eigenvalue weighted by molar-refractivity contribution is -0.200. The third-order valence-corrected chi connectivity index (χ3v) is 5.73. The van der Waals surface area contributed by atoms with E-state index in [9.17, 15) is 27.6 Å². The standard InChI is InChI=1S/C21H26F3N3O3/c1-19(2,3)14-11-9-13(10-12-14)16(28)25-20(21(22,23)24)17(29)27(18(30)26-20)15-7-5-4-6-8-15/h9-12,15H,4-8H2,1-3H3,(H,25,28)(H,26,30)/t20-/m0/s1. The third-order valence-electron chi connectivity index (χ3n) is 5.73. The molecule has 2 aliphatic rings. The van der Waals surface area contributed by atoms with E-state index in [0.717, 1.165) is 24.8 Å². The van der Waals surface area contributed by atoms with Gasteiger partial charge in [-0.3, -0.25) is 19.8 Å². The zero-order chi connectivity index (χ0) is 22.3. The second-order valence-corrected chi connectivity index (χ2v) is 8.93. The van der Waals surface area contributed by atoms with Crippen molar-refractivity contribution < 1.29 is 27.6 Å². The van der Waals surface area contributed by atoms with Crippen LogP contribution in [-0.2, 0) is 10.2 Å². The first-order valence-corrected chi connectivity index (χ1v) is 10.0. The summed E-state index contributed by atoms with van der Waals surface area (Å²) in [5.41, 5.74) is -2.80. The van der Waals surface area contributed by atoms with Gasteiger partial charge in [-0.15, -0.1) is 0 Å². The molecule has 9 heteroatoms. The lowest BCUT2D eigenvalue weighted by Crippen LogP contribution is -2.69. The Morgan fingerprint density at radius 3 is 2.13 bits per heavy atom. The van der Waals surface area contributed by atoms with Crippen molar-refractivity contribution in [1.29, 1.82) is 0 Å². The number of urea groups is 1. The van der Waals surface area contributed by atoms with Crippen molar-refractivity contribution in [2.75, 3.05) is 0 Å². The summed E-state index contributed by atoms with van der Waals surface area (Å²) in [6, 6.07) is 4.38. The van der Waals surface area contributed by atoms with Crippen LogP contribution in [0.4, 0.5) is 18.0 Å². The van der Waals surface area contributed by atoms with Gasteiger partial charge in [-0.2, -0.15) is 13.2 Å². The highest BCUT2D eigenvalue weighted by atomic mass is 19.4. The van der Waals surface area contributed by atoms with Crippen LogP contribution >= 0.6 is 0 Å². The Bertz CT molecular complexity index is 840. The summed E-state index contributed by atoms with van der Waals surface area (Å²) in [7, 11) is 0. The highest BCUT2D eigenvalue weighted by Crippen LogP contribution is 2.37. The van der Waals surface area contributed by atoms with Crippen LogP contribution in [-0.4, -0.2) is 40.6 Å². The highest BCUT2D eigenvalue weighted by molar-refractivity contribution is 6.10. The number of nitrogens with one attached hydrogen (secondary N) is 2. The monoisotopic (exact) mass is 425 g/mol. The molecule has 0 spiro atoms. The number of hydrogen-bond donors (Lipinski definition) is 2. The van der Waals surface area contributed by atoms with E-state index < -0.39 is 35.7 Å². The molecule has 1 aromatic rings. The number of rotatable bonds is 3. The number of carbonyl (C=O) groups is 3. The van der Waals surface area contributed by atoms with E-state index in [1.807, 2.05) is 20.8 Å². The van der Waals surface area contributed by atoms with Gasteiger partial charge in [0.2, 0.25) is 0 Å². The maximum atomic E-state index is 14.0. The Morgan fingerprint density at radius 1 is 1.07 bits per heavy atom. The molecule has 0 radical (unpaired) electrons. The predicted octanol–water partition coefficient (Wildman–Crippen LogP) is 3.86. The van der Waals surface area contributed by atoms with Crippen LogP contribution in [0.5, 0.6) is 0 Å². The number of benzene rings is 1. The van der Waals surface area contributed by atoms with Crippen LogP contribution in [0, 0.1) is 0 Å². The average molecular weight is 425 g/mol. The predicted molar refractivity (Wildman–Crippen MR) is 104 cm³/mol. The van der Waals surface area contributed by atoms with Gasteiger partial charge < -0.3 is 5.32 Å². The number of carbonyl (C=O) groups excluding carboxylic acids is 3. The van der Waals surface area contributed by atoms with Crippen molar-refractivity contribution in [3.63, 3.8) is 0 Å². The molecule has 30 heavy (non-hydrogen) atoms. The van der Waals surface area contributed by atoms with Gasteiger partial charge in [-0.1, -0.05) is 52.2 Å². The van der Waals surface area contributed by atoms with Crippen LogP contribution in [0.25, 0.3) is 0 Å². The normalized spacial score (nSPS) is 23.5. The van der Waals surface area contributed by atoms with Gasteiger partial charge in [0.25, 0.3) is 17.5 Å². The maximum Gasteiger partial charge on any atom is 0.440 e. The maximum absolute atomic E-state index is 14.0. The van der Waals surface area contributed by atoms with Gasteiger partial charge >= 0.3 is 12.2 Å². The van der Waals surface area contributed by atoms with Crippen molar-refractivity contribution in [2.45, 2.75) is 76.2 Å². The molecule has 164 valence electrons. The molecule has 0 unspecified atom stereocenters. The number of hydrogen-bond acceptors (Lipinski definition) is 3. The topological polar surface area (TPSA) is 78.5 Å². The Morgan fingerprint density at radius 2 is 1.63 bits per heavy atom. The molecule has 4 amide bonds. The molecule has 2 N–H and O–H groups in total. The zero-order valence-corrected chi connectivity index (χ0v) is 17.2. The van der Waals surface area contributed by atoms with E-state index >= 15 is 0 Å². The molecule has 1 saturated carbocycles. The van der Waals surface area contributed by atoms with E-state index in [2.05, 4.69) is 0 Å². The summed E-state index contributed by atoms with van der Waals surface area (Å²) in [5, 5.41) is 3.49. The molecule has 1 atom stereocenters. The SMILES string of the molecule is CC(C)(C)c1ccc(C(=O)N[C@]2(C(F)(F)F)NC(=O)N(C3CCCCC3)C2=O)cc1. The number of imide groups is 1. The first-order chi connectivity index (χ1) is 13.9. The van der Waals surface area contributed by atoms with E-state index in [1.54, 1.807) is 22.8 Å². The minimum Gasteiger partial charge on any atom is -0.314 e. The molecule has 1 aliphatic heterocycles. The van der Waals surface area contributed by atoms with E-state index in [0.29, 0.717) is 17.7 Å². The average Bonchev–Trinajstić information content (AvgIpc) is 2.92. The van der Waals surface area contributed by atoms with Crippen LogP contribution in [0.15, 0.2) is 24.3 Å². The van der Waals surface area contributed by atoms with Gasteiger partial charge in [0.15, 0.2) is 0 Å². The van der Waals surface area contributed by atoms with Gasteiger partial charge in [0, 0.05) is 11.6 Å². The fourth-order valence-corrected chi connectivity index (χ4v) is 3.93. The number of amides is 4. The highest BCUT2D eigenvalue weighted by Gasteiger charge is 2.69. The van der Waals surface area contributed by atoms with Crippen LogP contribution in [0.1, 0.15) is 68.8 Å². The van der Waals surface area contributed by atoms with Gasteiger partial charge in [-0.25, -0.2) is 4.79 Å². The fraction of sp³-hybridized carbons (Fsp3) is 0.571. The summed E-state index contributed by atoms with van der Waals surface area (Å²) in [6.07, 6.45) is -1.93. The molecule has 0 aromatic heterocycles. The molecule has 3 rings (SSSR count). The minimum absolute atomic E-state index is 0.0372. The third kappa shape index (κ3) is 3.89. The first-order valence-electron chi connectivity index (χ1n) is 10.0. The lowest BCUT2D eigenvalue weighted by Gasteiger charge is -2.32. The van der Waals surface area contributed by atoms with Gasteiger partial charge in [0.05, 0.1) is 0 Å². The number of nitrogens with zero attached hydrogens (tertiary/aromatic N) is 1. The van der Waals surface area contributed by atoms with Crippen molar-refractivity contribution in [1.82, 2.24) is 15.5 Å². The van der Waals surface area contributed by atoms with Gasteiger partial charge in [0.1, 0.15) is 0 Å². The van der Waals surface area contributed by atoms with E-state index in [4.69, 9.17) is 0 Å². The molecule has 1 heterocycles. The Balaban J connectivity index is 1.88. The molecule has 2 fully saturated rings. The molecule has 0 bridgehead atoms. The fourth-order valence-electron chi connectivity index (χ4n) is 3.93. The van der Waals surface area contributed by atoms with Crippen molar-refractivity contribution in [3.05, 3.63) is 35.4 Å². The quantitative estimate of drug-likeness (QED) is 0.722. The Kier molecular flexibility index (Phi) is 5.60. The Hall–Kier alpha value is -2.58. The molecule has 6 nitrogen and oxygen atoms in total. The number of halogens is 3. The summed E-state index contributed by atoms with van der Waals surface area (Å²) in [6.45, 7) is 5.90. The second-order valence-electron chi connectivity index (χ2n) is 8.93. The molecular formula is C21H26F3N3O3. The molecule has 1 saturated heterocycles. The van der Waals surface area contributed by atoms with E-state index in [-0.39, 0.29) is 11.0 Å². The minimum atomic E-state index is -5.20. The Labute approximate surface area is 173 Å². The largest absolute Gasteiger partial charge is 0.440 e. The summed E-state index contributed by atoms with van der Waals surface area (Å²) in [5.74, 6) is -2.57. The van der Waals surface area contributed by atoms with Gasteiger partial charge in [-0.05, 0) is 36.0 Å². The molecule has 1 aromatic carbocycles. The van der Waals surface area contributed by atoms with E-state index in [1.165, 1.54) is 12.1 Å². The van der Waals surface area contributed by atoms with Crippen molar-refractivity contribution >= 4 is 17.8 Å². The first kappa shape index (κ1) is 22.1. The van der Waals surface area contributed by atoms with Crippen LogP contribution in [0.2, 0.25) is 0 Å². The van der Waals surface area contributed by atoms with Crippen molar-refractivity contribution in [2.24, 2.45) is 0 Å². The van der Waals surface area contributed by atoms with Crippen molar-refractivity contribution in [3.8, 4) is 0 Å². The van der Waals surface area contributed by atoms with Crippen LogP contribution in [0.3, 0.4) is 0 Å². The smallest absolute Gasteiger partial charge is 0.314 e. The lowest BCUT2D eigenvalue weighted by atomic mass is 9.86. The molecular weight excluding hydrogens is 399 g/mol. The zero-order valence-electron chi connectivity index (χ0n) is 17.2. The summed E-state index contributed by atoms with van der Waals surface area (Å²) >= 11 is 0. The molecule has 1 aliphatic carbocycles. The number of alkyl halides is 3.